The zero-order chi connectivity index (χ0) is 13.5. The smallest absolute Gasteiger partial charge is 0.0566 e. The van der Waals surface area contributed by atoms with Crippen LogP contribution in [0.4, 0.5) is 0 Å². The highest BCUT2D eigenvalue weighted by Gasteiger charge is 2.21. The van der Waals surface area contributed by atoms with E-state index in [0.29, 0.717) is 6.04 Å². The van der Waals surface area contributed by atoms with Crippen LogP contribution in [0.3, 0.4) is 0 Å². The zero-order valence-corrected chi connectivity index (χ0v) is 13.1. The van der Waals surface area contributed by atoms with Crippen LogP contribution in [0.2, 0.25) is 0 Å². The van der Waals surface area contributed by atoms with Crippen molar-refractivity contribution in [1.82, 2.24) is 15.1 Å². The topological polar surface area (TPSA) is 18.5 Å². The van der Waals surface area contributed by atoms with E-state index in [-0.39, 0.29) is 0 Å². The molecule has 1 aromatic heterocycles. The SMILES string of the molecule is CCCCN(C)C(CN1CCNCC1)c1cccs1. The number of piperazine rings is 1. The van der Waals surface area contributed by atoms with E-state index in [0.717, 1.165) is 13.1 Å². The molecule has 1 fully saturated rings. The standard InChI is InChI=1S/C15H27N3S/c1-3-4-9-17(2)14(15-6-5-12-19-15)13-18-10-7-16-8-11-18/h5-6,12,14,16H,3-4,7-11,13H2,1-2H3. The Bertz CT molecular complexity index is 333. The van der Waals surface area contributed by atoms with Crippen LogP contribution < -0.4 is 5.32 Å². The van der Waals surface area contributed by atoms with Gasteiger partial charge in [-0.2, -0.15) is 0 Å². The van der Waals surface area contributed by atoms with Crippen molar-refractivity contribution in [2.75, 3.05) is 46.3 Å². The van der Waals surface area contributed by atoms with Crippen LogP contribution in [0.1, 0.15) is 30.7 Å². The van der Waals surface area contributed by atoms with Crippen LogP contribution in [0.15, 0.2) is 17.5 Å². The third kappa shape index (κ3) is 4.56. The van der Waals surface area contributed by atoms with Crippen molar-refractivity contribution in [2.45, 2.75) is 25.8 Å². The quantitative estimate of drug-likeness (QED) is 0.828. The zero-order valence-electron chi connectivity index (χ0n) is 12.3. The summed E-state index contributed by atoms with van der Waals surface area (Å²) in [6, 6.07) is 5.03. The third-order valence-electron chi connectivity index (χ3n) is 3.91. The molecular weight excluding hydrogens is 254 g/mol. The fourth-order valence-corrected chi connectivity index (χ4v) is 3.51. The highest BCUT2D eigenvalue weighted by Crippen LogP contribution is 2.25. The Labute approximate surface area is 121 Å². The summed E-state index contributed by atoms with van der Waals surface area (Å²) in [4.78, 5) is 6.65. The normalized spacial score (nSPS) is 18.9. The summed E-state index contributed by atoms with van der Waals surface area (Å²) in [6.07, 6.45) is 2.56. The average molecular weight is 281 g/mol. The first-order chi connectivity index (χ1) is 9.31. The first-order valence-electron chi connectivity index (χ1n) is 7.48. The summed E-state index contributed by atoms with van der Waals surface area (Å²) < 4.78 is 0. The van der Waals surface area contributed by atoms with Crippen LogP contribution in [-0.2, 0) is 0 Å². The summed E-state index contributed by atoms with van der Waals surface area (Å²) in [5.41, 5.74) is 0. The maximum Gasteiger partial charge on any atom is 0.0566 e. The number of likely N-dealkylation sites (N-methyl/N-ethyl adjacent to an activating group) is 1. The molecule has 2 heterocycles. The Hall–Kier alpha value is -0.420. The summed E-state index contributed by atoms with van der Waals surface area (Å²) in [5, 5.41) is 5.64. The van der Waals surface area contributed by atoms with E-state index in [1.165, 1.54) is 43.9 Å². The molecule has 1 aliphatic rings. The van der Waals surface area contributed by atoms with Crippen molar-refractivity contribution in [3.63, 3.8) is 0 Å². The highest BCUT2D eigenvalue weighted by molar-refractivity contribution is 7.10. The molecule has 0 radical (unpaired) electrons. The van der Waals surface area contributed by atoms with E-state index in [2.05, 4.69) is 46.6 Å². The number of nitrogens with zero attached hydrogens (tertiary/aromatic N) is 2. The lowest BCUT2D eigenvalue weighted by Crippen LogP contribution is -2.46. The van der Waals surface area contributed by atoms with E-state index in [1.54, 1.807) is 0 Å². The molecule has 1 aromatic rings. The Morgan fingerprint density at radius 1 is 1.42 bits per heavy atom. The van der Waals surface area contributed by atoms with Crippen molar-refractivity contribution in [2.24, 2.45) is 0 Å². The molecule has 108 valence electrons. The lowest BCUT2D eigenvalue weighted by atomic mass is 10.1. The maximum atomic E-state index is 3.43. The molecule has 0 aliphatic carbocycles. The van der Waals surface area contributed by atoms with Gasteiger partial charge in [-0.1, -0.05) is 19.4 Å². The van der Waals surface area contributed by atoms with Crippen LogP contribution in [0, 0.1) is 0 Å². The summed E-state index contributed by atoms with van der Waals surface area (Å²) in [7, 11) is 2.28. The second kappa shape index (κ2) is 8.00. The Morgan fingerprint density at radius 3 is 2.84 bits per heavy atom. The van der Waals surface area contributed by atoms with E-state index in [9.17, 15) is 0 Å². The van der Waals surface area contributed by atoms with Gasteiger partial charge in [0.15, 0.2) is 0 Å². The van der Waals surface area contributed by atoms with Crippen molar-refractivity contribution in [1.29, 1.82) is 0 Å². The van der Waals surface area contributed by atoms with Gasteiger partial charge in [0, 0.05) is 37.6 Å². The largest absolute Gasteiger partial charge is 0.314 e. The van der Waals surface area contributed by atoms with E-state index in [1.807, 2.05) is 11.3 Å². The van der Waals surface area contributed by atoms with Crippen LogP contribution >= 0.6 is 11.3 Å². The summed E-state index contributed by atoms with van der Waals surface area (Å²) in [5.74, 6) is 0. The number of unbranched alkanes of at least 4 members (excludes halogenated alkanes) is 1. The number of rotatable bonds is 7. The number of thiophene rings is 1. The minimum atomic E-state index is 0.560. The molecule has 3 nitrogen and oxygen atoms in total. The first kappa shape index (κ1) is 15.0. The van der Waals surface area contributed by atoms with E-state index < -0.39 is 0 Å². The summed E-state index contributed by atoms with van der Waals surface area (Å²) in [6.45, 7) is 9.27. The molecule has 0 amide bonds. The molecule has 19 heavy (non-hydrogen) atoms. The molecule has 1 saturated heterocycles. The summed E-state index contributed by atoms with van der Waals surface area (Å²) >= 11 is 1.90. The first-order valence-corrected chi connectivity index (χ1v) is 8.36. The van der Waals surface area contributed by atoms with Gasteiger partial charge in [-0.25, -0.2) is 0 Å². The van der Waals surface area contributed by atoms with Crippen molar-refractivity contribution >= 4 is 11.3 Å². The van der Waals surface area contributed by atoms with E-state index in [4.69, 9.17) is 0 Å². The predicted octanol–water partition coefficient (Wildman–Crippen LogP) is 2.43. The molecule has 2 rings (SSSR count). The van der Waals surface area contributed by atoms with Gasteiger partial charge in [-0.05, 0) is 31.5 Å². The van der Waals surface area contributed by atoms with Gasteiger partial charge >= 0.3 is 0 Å². The second-order valence-corrected chi connectivity index (χ2v) is 6.40. The van der Waals surface area contributed by atoms with Gasteiger partial charge in [-0.15, -0.1) is 11.3 Å². The lowest BCUT2D eigenvalue weighted by molar-refractivity contribution is 0.151. The molecule has 0 bridgehead atoms. The van der Waals surface area contributed by atoms with Gasteiger partial charge < -0.3 is 5.32 Å². The van der Waals surface area contributed by atoms with Crippen LogP contribution in [0.25, 0.3) is 0 Å². The Balaban J connectivity index is 1.97. The number of hydrogen-bond donors (Lipinski definition) is 1. The maximum absolute atomic E-state index is 3.43. The molecule has 0 saturated carbocycles. The molecule has 1 N–H and O–H groups in total. The Kier molecular flexibility index (Phi) is 6.31. The lowest BCUT2D eigenvalue weighted by Gasteiger charge is -2.35. The second-order valence-electron chi connectivity index (χ2n) is 5.42. The van der Waals surface area contributed by atoms with Gasteiger partial charge in [0.1, 0.15) is 0 Å². The minimum Gasteiger partial charge on any atom is -0.314 e. The van der Waals surface area contributed by atoms with Crippen molar-refractivity contribution in [3.8, 4) is 0 Å². The fraction of sp³-hybridized carbons (Fsp3) is 0.733. The van der Waals surface area contributed by atoms with Gasteiger partial charge in [0.25, 0.3) is 0 Å². The monoisotopic (exact) mass is 281 g/mol. The average Bonchev–Trinajstić information content (AvgIpc) is 2.97. The number of nitrogens with one attached hydrogen (secondary N) is 1. The van der Waals surface area contributed by atoms with Gasteiger partial charge in [0.05, 0.1) is 6.04 Å². The minimum absolute atomic E-state index is 0.560. The van der Waals surface area contributed by atoms with Gasteiger partial charge in [-0.3, -0.25) is 9.80 Å². The fourth-order valence-electron chi connectivity index (χ4n) is 2.63. The molecular formula is C15H27N3S. The molecule has 4 heteroatoms. The van der Waals surface area contributed by atoms with E-state index >= 15 is 0 Å². The van der Waals surface area contributed by atoms with Crippen molar-refractivity contribution < 1.29 is 0 Å². The molecule has 0 spiro atoms. The van der Waals surface area contributed by atoms with Crippen molar-refractivity contribution in [3.05, 3.63) is 22.4 Å². The molecule has 1 atom stereocenters. The number of hydrogen-bond acceptors (Lipinski definition) is 4. The molecule has 0 aromatic carbocycles. The van der Waals surface area contributed by atoms with Crippen LogP contribution in [0.5, 0.6) is 0 Å². The van der Waals surface area contributed by atoms with Gasteiger partial charge in [0.2, 0.25) is 0 Å². The molecule has 1 aliphatic heterocycles. The van der Waals surface area contributed by atoms with Crippen LogP contribution in [-0.4, -0.2) is 56.1 Å². The highest BCUT2D eigenvalue weighted by atomic mass is 32.1. The third-order valence-corrected chi connectivity index (χ3v) is 4.88. The predicted molar refractivity (Wildman–Crippen MR) is 83.9 cm³/mol. The Morgan fingerprint density at radius 2 is 2.21 bits per heavy atom. The molecule has 1 unspecified atom stereocenters.